The molecule has 2 aliphatic heterocycles. The van der Waals surface area contributed by atoms with E-state index in [1.165, 1.54) is 18.7 Å². The fourth-order valence-corrected chi connectivity index (χ4v) is 13.1. The zero-order valence-electron chi connectivity index (χ0n) is 39.5. The number of amides is 5. The molecule has 0 aromatic rings. The van der Waals surface area contributed by atoms with Crippen LogP contribution in [0.4, 0.5) is 0 Å². The second-order valence-electron chi connectivity index (χ2n) is 19.8. The summed E-state index contributed by atoms with van der Waals surface area (Å²) in [6.07, 6.45) is 9.45. The Hall–Kier alpha value is -2.78. The van der Waals surface area contributed by atoms with Crippen LogP contribution in [0.2, 0.25) is 0 Å². The number of hydrogen-bond acceptors (Lipinski definition) is 8. The average Bonchev–Trinajstić information content (AvgIpc) is 3.64. The molecular weight excluding hydrogens is 759 g/mol. The van der Waals surface area contributed by atoms with Crippen molar-refractivity contribution in [3.8, 4) is 0 Å². The van der Waals surface area contributed by atoms with E-state index in [0.29, 0.717) is 32.2 Å². The predicted octanol–water partition coefficient (Wildman–Crippen LogP) is 3.85. The fourth-order valence-electron chi connectivity index (χ4n) is 11.9. The van der Waals surface area contributed by atoms with Gasteiger partial charge in [0.25, 0.3) is 5.91 Å². The molecule has 4 aliphatic carbocycles. The minimum absolute atomic E-state index is 0.0293. The molecule has 6 fully saturated rings. The zero-order chi connectivity index (χ0) is 45.3. The molecule has 2 heterocycles. The van der Waals surface area contributed by atoms with Crippen LogP contribution in [0.1, 0.15) is 150 Å². The van der Waals surface area contributed by atoms with E-state index in [2.05, 4.69) is 34.5 Å². The van der Waals surface area contributed by atoms with Gasteiger partial charge < -0.3 is 20.9 Å². The summed E-state index contributed by atoms with van der Waals surface area (Å²) >= 11 is 0. The molecule has 6 aliphatic rings. The van der Waals surface area contributed by atoms with Crippen molar-refractivity contribution in [2.45, 2.75) is 175 Å². The maximum atomic E-state index is 15.3. The zero-order valence-corrected chi connectivity index (χ0v) is 37.3. The largest absolute Gasteiger partial charge is 0.343 e. The normalized spacial score (nSPS) is 33.0. The van der Waals surface area contributed by atoms with Crippen LogP contribution in [-0.4, -0.2) is 114 Å². The van der Waals surface area contributed by atoms with Crippen LogP contribution in [0.15, 0.2) is 0 Å². The molecule has 58 heavy (non-hydrogen) atoms. The van der Waals surface area contributed by atoms with E-state index in [9.17, 15) is 27.6 Å². The maximum Gasteiger partial charge on any atom is 0.303 e. The van der Waals surface area contributed by atoms with Crippen molar-refractivity contribution in [1.29, 1.82) is 0 Å². The van der Waals surface area contributed by atoms with Gasteiger partial charge in [0.1, 0.15) is 23.7 Å². The van der Waals surface area contributed by atoms with Gasteiger partial charge in [-0.1, -0.05) is 94.4 Å². The summed E-state index contributed by atoms with van der Waals surface area (Å²) in [5, 5.41) is 9.06. The van der Waals surface area contributed by atoms with Crippen LogP contribution in [0.25, 0.3) is 0 Å². The number of rotatable bonds is 15. The summed E-state index contributed by atoms with van der Waals surface area (Å²) in [4.78, 5) is 75.7. The highest BCUT2D eigenvalue weighted by Crippen LogP contribution is 2.88. The molecule has 6 rings (SSSR count). The van der Waals surface area contributed by atoms with Gasteiger partial charge in [-0.3, -0.25) is 28.9 Å². The van der Waals surface area contributed by atoms with E-state index < -0.39 is 87.9 Å². The number of carbonyl (C=O) groups excluding carboxylic acids is 5. The summed E-state index contributed by atoms with van der Waals surface area (Å²) < 4.78 is 54.2. The molecule has 1 unspecified atom stereocenters. The highest BCUT2D eigenvalue weighted by atomic mass is 32.2. The van der Waals surface area contributed by atoms with Crippen molar-refractivity contribution in [2.24, 2.45) is 33.5 Å². The van der Waals surface area contributed by atoms with Crippen LogP contribution in [-0.2, 0) is 34.2 Å². The summed E-state index contributed by atoms with van der Waals surface area (Å²) in [6, 6.07) is -3.77. The lowest BCUT2D eigenvalue weighted by Gasteiger charge is -2.38. The van der Waals surface area contributed by atoms with Crippen molar-refractivity contribution in [2.75, 3.05) is 32.7 Å². The number of carbonyl (C=O) groups is 5. The molecule has 8 atom stereocenters. The van der Waals surface area contributed by atoms with Gasteiger partial charge in [-0.05, 0) is 92.5 Å². The van der Waals surface area contributed by atoms with E-state index in [1.807, 2.05) is 27.7 Å². The molecule has 2 saturated heterocycles. The smallest absolute Gasteiger partial charge is 0.303 e. The van der Waals surface area contributed by atoms with Crippen molar-refractivity contribution in [3.63, 3.8) is 0 Å². The van der Waals surface area contributed by atoms with E-state index in [0.717, 1.165) is 55.7 Å². The third-order valence-electron chi connectivity index (χ3n) is 15.8. The van der Waals surface area contributed by atoms with Gasteiger partial charge in [0.15, 0.2) is 0 Å². The van der Waals surface area contributed by atoms with Crippen LogP contribution in [0, 0.1) is 33.5 Å². The van der Waals surface area contributed by atoms with Crippen LogP contribution >= 0.6 is 0 Å². The number of fused-ring (bicyclic) bond motifs is 1. The first-order chi connectivity index (χ1) is 28.2. The Labute approximate surface area is 351 Å². The number of nitrogens with one attached hydrogen (secondary N) is 4. The number of likely N-dealkylation sites (N-methyl/N-ethyl adjacent to an activating group) is 1. The average molecular weight is 835 g/mol. The molecule has 328 valence electrons. The third kappa shape index (κ3) is 7.49. The number of likely N-dealkylation sites (tertiary alicyclic amines) is 2. The third-order valence-corrected chi connectivity index (χ3v) is 17.4. The minimum atomic E-state index is -4.39. The Morgan fingerprint density at radius 3 is 2.05 bits per heavy atom. The van der Waals surface area contributed by atoms with Crippen molar-refractivity contribution in [3.05, 3.63) is 0 Å². The second-order valence-corrected chi connectivity index (χ2v) is 21.4. The monoisotopic (exact) mass is 835 g/mol. The first-order valence-electron chi connectivity index (χ1n) is 23.6. The molecule has 0 bridgehead atoms. The van der Waals surface area contributed by atoms with E-state index in [1.54, 1.807) is 11.8 Å². The first kappa shape index (κ1) is 40.6. The lowest BCUT2D eigenvalue weighted by molar-refractivity contribution is -0.145. The topological polar surface area (TPSA) is 177 Å². The maximum absolute atomic E-state index is 15.3. The molecular formula is C43H73N7O7S. The number of nitrogens with zero attached hydrogens (tertiary/aromatic N) is 3. The molecule has 0 aromatic carbocycles. The second kappa shape index (κ2) is 16.2. The standard InChI is InChI=1S/C43H73N7O7S/c1-10-29-25-43(29,38(55)47-58(56,57)49(12-3)13-4)46-35(52)31-26-42(40(8,9)41(42)22-18-23-41)27-50(31)37(54)33(39(5,6)7)45-36(53)32(28-19-15-14-16-20-28)44-34(51)30-21-17-24-48(30)11-2/h28-33H,10-27H2,1-9H3,(H,44,51)(H,45,53)(H,46,52)(H,47,55)/t29-,30+,31+,32+,33-,42-,43-/m1/s1/i11D2,12D/t12?,29-,30+,31+,32+,33-,42-,43-. The first-order valence-corrected chi connectivity index (χ1v) is 23.5. The van der Waals surface area contributed by atoms with Crippen LogP contribution < -0.4 is 20.7 Å². The van der Waals surface area contributed by atoms with Gasteiger partial charge >= 0.3 is 10.2 Å². The van der Waals surface area contributed by atoms with Crippen molar-refractivity contribution >= 4 is 39.7 Å². The quantitative estimate of drug-likeness (QED) is 0.192. The van der Waals surface area contributed by atoms with E-state index in [-0.39, 0.29) is 47.6 Å². The highest BCUT2D eigenvalue weighted by Gasteiger charge is 2.85. The molecule has 5 amide bonds. The SMILES string of the molecule is [2H]C(C)N(CC)S(=O)(=O)NC(=O)[C@@]1(NC(=O)[C@@H]2C[C@@]3(CN2C(=O)[C@@H](NC(=O)[C@@H](NC(=O)[C@@H]2CCCN2C([2H])([2H])C)C2CCCCC2)C(C)(C)C)C(C)(C)C32CCC2)C[C@H]1CC. The van der Waals surface area contributed by atoms with Crippen LogP contribution in [0.3, 0.4) is 0 Å². The lowest BCUT2D eigenvalue weighted by atomic mass is 9.73. The Balaban J connectivity index is 1.28. The fraction of sp³-hybridized carbons (Fsp3) is 0.884. The van der Waals surface area contributed by atoms with E-state index >= 15 is 4.79 Å². The molecule has 14 nitrogen and oxygen atoms in total. The Bertz CT molecular complexity index is 1840. The molecule has 4 saturated carbocycles. The van der Waals surface area contributed by atoms with Gasteiger partial charge in [-0.15, -0.1) is 0 Å². The van der Waals surface area contributed by atoms with Crippen LogP contribution in [0.5, 0.6) is 0 Å². The van der Waals surface area contributed by atoms with Gasteiger partial charge in [0.05, 0.1) is 6.04 Å². The van der Waals surface area contributed by atoms with Crippen molar-refractivity contribution < 1.29 is 36.5 Å². The predicted molar refractivity (Wildman–Crippen MR) is 222 cm³/mol. The molecule has 15 heteroatoms. The summed E-state index contributed by atoms with van der Waals surface area (Å²) in [5.74, 6) is -3.26. The molecule has 4 N–H and O–H groups in total. The summed E-state index contributed by atoms with van der Waals surface area (Å²) in [5.41, 5.74) is -2.97. The number of hydrogen-bond donors (Lipinski definition) is 4. The van der Waals surface area contributed by atoms with Gasteiger partial charge in [0.2, 0.25) is 23.6 Å². The molecule has 0 radical (unpaired) electrons. The molecule has 2 spiro atoms. The summed E-state index contributed by atoms with van der Waals surface area (Å²) in [7, 11) is -4.39. The Morgan fingerprint density at radius 2 is 1.53 bits per heavy atom. The van der Waals surface area contributed by atoms with Gasteiger partial charge in [-0.2, -0.15) is 12.7 Å². The Morgan fingerprint density at radius 1 is 0.862 bits per heavy atom. The molecule has 0 aromatic heterocycles. The lowest BCUT2D eigenvalue weighted by Crippen LogP contribution is -2.63. The van der Waals surface area contributed by atoms with Gasteiger partial charge in [0, 0.05) is 29.1 Å². The highest BCUT2D eigenvalue weighted by molar-refractivity contribution is 7.87. The Kier molecular flexibility index (Phi) is 11.4. The van der Waals surface area contributed by atoms with Gasteiger partial charge in [-0.25, -0.2) is 4.72 Å². The summed E-state index contributed by atoms with van der Waals surface area (Å²) in [6.45, 7) is 14.1. The van der Waals surface area contributed by atoms with Crippen molar-refractivity contribution in [1.82, 2.24) is 34.8 Å². The van der Waals surface area contributed by atoms with E-state index in [4.69, 9.17) is 4.11 Å². The minimum Gasteiger partial charge on any atom is -0.343 e.